The topological polar surface area (TPSA) is 94.2 Å². The normalized spacial score (nSPS) is 14.6. The number of piperidine rings is 1. The van der Waals surface area contributed by atoms with Crippen LogP contribution in [-0.2, 0) is 14.8 Å². The van der Waals surface area contributed by atoms with Crippen LogP contribution < -0.4 is 19.5 Å². The van der Waals surface area contributed by atoms with E-state index >= 15 is 0 Å². The highest BCUT2D eigenvalue weighted by Gasteiger charge is 2.29. The predicted octanol–water partition coefficient (Wildman–Crippen LogP) is 3.68. The molecule has 2 aromatic carbocycles. The van der Waals surface area contributed by atoms with Gasteiger partial charge in [0.25, 0.3) is 5.91 Å². The van der Waals surface area contributed by atoms with Crippen LogP contribution in [0.3, 0.4) is 0 Å². The maximum atomic E-state index is 13.2. The van der Waals surface area contributed by atoms with E-state index in [1.807, 2.05) is 13.0 Å². The Morgan fingerprint density at radius 3 is 2.19 bits per heavy atom. The zero-order valence-corrected chi connectivity index (χ0v) is 19.3. The third-order valence-corrected chi connectivity index (χ3v) is 6.89. The van der Waals surface area contributed by atoms with E-state index < -0.39 is 15.9 Å². The van der Waals surface area contributed by atoms with E-state index in [2.05, 4.69) is 5.32 Å². The molecule has 9 heteroatoms. The average Bonchev–Trinajstić information content (AvgIpc) is 2.80. The maximum Gasteiger partial charge on any atom is 0.262 e. The lowest BCUT2D eigenvalue weighted by molar-refractivity contribution is -0.118. The van der Waals surface area contributed by atoms with E-state index in [4.69, 9.17) is 14.2 Å². The Kier molecular flexibility index (Phi) is 8.35. The maximum absolute atomic E-state index is 13.2. The van der Waals surface area contributed by atoms with E-state index in [1.165, 1.54) is 10.4 Å². The minimum atomic E-state index is -3.73. The molecule has 3 rings (SSSR count). The lowest BCUT2D eigenvalue weighted by atomic mass is 10.2. The molecule has 0 aliphatic carbocycles. The third kappa shape index (κ3) is 5.92. The van der Waals surface area contributed by atoms with Crippen LogP contribution in [0.1, 0.15) is 33.1 Å². The van der Waals surface area contributed by atoms with Gasteiger partial charge in [0.1, 0.15) is 10.6 Å². The molecule has 0 bridgehead atoms. The number of anilines is 1. The molecular weight excluding hydrogens is 432 g/mol. The van der Waals surface area contributed by atoms with Crippen molar-refractivity contribution in [3.05, 3.63) is 42.5 Å². The van der Waals surface area contributed by atoms with Gasteiger partial charge >= 0.3 is 0 Å². The zero-order chi connectivity index (χ0) is 23.0. The highest BCUT2D eigenvalue weighted by Crippen LogP contribution is 2.31. The number of hydrogen-bond acceptors (Lipinski definition) is 6. The number of carbonyl (C=O) groups excluding carboxylic acids is 1. The van der Waals surface area contributed by atoms with Crippen molar-refractivity contribution in [2.75, 3.05) is 38.2 Å². The first-order valence-corrected chi connectivity index (χ1v) is 12.3. The molecule has 2 aromatic rings. The Balaban J connectivity index is 1.74. The number of para-hydroxylation sites is 2. The molecule has 32 heavy (non-hydrogen) atoms. The van der Waals surface area contributed by atoms with Crippen LogP contribution in [0.2, 0.25) is 0 Å². The Hall–Kier alpha value is -2.78. The van der Waals surface area contributed by atoms with Gasteiger partial charge in [-0.1, -0.05) is 18.6 Å². The first-order valence-electron chi connectivity index (χ1n) is 10.9. The van der Waals surface area contributed by atoms with Gasteiger partial charge in [-0.05, 0) is 57.0 Å². The molecule has 0 radical (unpaired) electrons. The second kappa shape index (κ2) is 11.2. The van der Waals surface area contributed by atoms with E-state index in [0.29, 0.717) is 43.5 Å². The molecule has 1 N–H and O–H groups in total. The molecule has 0 aromatic heterocycles. The van der Waals surface area contributed by atoms with Crippen LogP contribution in [-0.4, -0.2) is 51.5 Å². The van der Waals surface area contributed by atoms with Gasteiger partial charge in [0.05, 0.1) is 13.2 Å². The molecule has 8 nitrogen and oxygen atoms in total. The summed E-state index contributed by atoms with van der Waals surface area (Å²) in [5, 5.41) is 2.71. The van der Waals surface area contributed by atoms with Crippen molar-refractivity contribution in [1.82, 2.24) is 4.31 Å². The lowest BCUT2D eigenvalue weighted by Crippen LogP contribution is -2.35. The van der Waals surface area contributed by atoms with Crippen molar-refractivity contribution in [2.24, 2.45) is 0 Å². The number of nitrogens with zero attached hydrogens (tertiary/aromatic N) is 1. The fourth-order valence-corrected chi connectivity index (χ4v) is 5.17. The van der Waals surface area contributed by atoms with E-state index in [9.17, 15) is 13.2 Å². The Morgan fingerprint density at radius 1 is 0.906 bits per heavy atom. The standard InChI is InChI=1S/C23H30N2O6S/c1-3-29-19-10-6-7-11-20(19)31-17-23(26)24-18-12-13-21(30-4-2)22(16-18)32(27,28)25-14-8-5-9-15-25/h6-7,10-13,16H,3-5,8-9,14-15,17H2,1-2H3,(H,24,26). The molecule has 1 aliphatic rings. The van der Waals surface area contributed by atoms with Gasteiger partial charge in [-0.15, -0.1) is 0 Å². The Bertz CT molecular complexity index is 1020. The third-order valence-electron chi connectivity index (χ3n) is 4.97. The number of sulfonamides is 1. The van der Waals surface area contributed by atoms with E-state index in [0.717, 1.165) is 19.3 Å². The van der Waals surface area contributed by atoms with Crippen LogP contribution in [0.5, 0.6) is 17.2 Å². The van der Waals surface area contributed by atoms with Crippen LogP contribution in [0.25, 0.3) is 0 Å². The first kappa shape index (κ1) is 23.9. The Morgan fingerprint density at radius 2 is 1.53 bits per heavy atom. The van der Waals surface area contributed by atoms with Gasteiger partial charge < -0.3 is 19.5 Å². The average molecular weight is 463 g/mol. The first-order chi connectivity index (χ1) is 15.5. The fourth-order valence-electron chi connectivity index (χ4n) is 3.49. The monoisotopic (exact) mass is 462 g/mol. The molecule has 0 spiro atoms. The largest absolute Gasteiger partial charge is 0.492 e. The van der Waals surface area contributed by atoms with Crippen molar-refractivity contribution < 1.29 is 27.4 Å². The van der Waals surface area contributed by atoms with Crippen molar-refractivity contribution >= 4 is 21.6 Å². The second-order valence-corrected chi connectivity index (χ2v) is 9.18. The Labute approximate surface area is 189 Å². The SMILES string of the molecule is CCOc1ccccc1OCC(=O)Nc1ccc(OCC)c(S(=O)(=O)N2CCCCC2)c1. The molecule has 0 saturated carbocycles. The summed E-state index contributed by atoms with van der Waals surface area (Å²) in [5.74, 6) is 0.878. The van der Waals surface area contributed by atoms with Crippen molar-refractivity contribution in [1.29, 1.82) is 0 Å². The van der Waals surface area contributed by atoms with Gasteiger partial charge in [0.2, 0.25) is 10.0 Å². The number of carbonyl (C=O) groups is 1. The van der Waals surface area contributed by atoms with Gasteiger partial charge in [-0.2, -0.15) is 4.31 Å². The van der Waals surface area contributed by atoms with Crippen LogP contribution >= 0.6 is 0 Å². The van der Waals surface area contributed by atoms with Crippen LogP contribution in [0.15, 0.2) is 47.4 Å². The smallest absolute Gasteiger partial charge is 0.262 e. The molecular formula is C23H30N2O6S. The fraction of sp³-hybridized carbons (Fsp3) is 0.435. The van der Waals surface area contributed by atoms with Gasteiger partial charge in [0.15, 0.2) is 18.1 Å². The lowest BCUT2D eigenvalue weighted by Gasteiger charge is -2.27. The molecule has 1 aliphatic heterocycles. The number of amides is 1. The van der Waals surface area contributed by atoms with Crippen molar-refractivity contribution in [2.45, 2.75) is 38.0 Å². The summed E-state index contributed by atoms with van der Waals surface area (Å²) in [7, 11) is -3.73. The summed E-state index contributed by atoms with van der Waals surface area (Å²) in [4.78, 5) is 12.5. The second-order valence-electron chi connectivity index (χ2n) is 7.28. The molecule has 0 atom stereocenters. The van der Waals surface area contributed by atoms with Gasteiger partial charge in [0, 0.05) is 18.8 Å². The van der Waals surface area contributed by atoms with Gasteiger partial charge in [-0.3, -0.25) is 4.79 Å². The minimum Gasteiger partial charge on any atom is -0.492 e. The summed E-state index contributed by atoms with van der Waals surface area (Å²) in [6.45, 7) is 5.20. The summed E-state index contributed by atoms with van der Waals surface area (Å²) < 4.78 is 44.6. The van der Waals surface area contributed by atoms with Gasteiger partial charge in [-0.25, -0.2) is 8.42 Å². The molecule has 174 valence electrons. The summed E-state index contributed by atoms with van der Waals surface area (Å²) in [6, 6.07) is 11.7. The number of ether oxygens (including phenoxy) is 3. The molecule has 1 saturated heterocycles. The summed E-state index contributed by atoms with van der Waals surface area (Å²) in [6.07, 6.45) is 2.69. The molecule has 1 fully saturated rings. The zero-order valence-electron chi connectivity index (χ0n) is 18.5. The number of benzene rings is 2. The van der Waals surface area contributed by atoms with Crippen LogP contribution in [0, 0.1) is 0 Å². The summed E-state index contributed by atoms with van der Waals surface area (Å²) in [5.41, 5.74) is 0.357. The highest BCUT2D eigenvalue weighted by atomic mass is 32.2. The van der Waals surface area contributed by atoms with E-state index in [1.54, 1.807) is 37.3 Å². The van der Waals surface area contributed by atoms with Crippen LogP contribution in [0.4, 0.5) is 5.69 Å². The predicted molar refractivity (Wildman–Crippen MR) is 122 cm³/mol. The number of rotatable bonds is 10. The molecule has 0 unspecified atom stereocenters. The number of hydrogen-bond donors (Lipinski definition) is 1. The number of nitrogens with one attached hydrogen (secondary N) is 1. The van der Waals surface area contributed by atoms with Crippen molar-refractivity contribution in [3.8, 4) is 17.2 Å². The van der Waals surface area contributed by atoms with Crippen molar-refractivity contribution in [3.63, 3.8) is 0 Å². The summed E-state index contributed by atoms with van der Waals surface area (Å²) >= 11 is 0. The van der Waals surface area contributed by atoms with E-state index in [-0.39, 0.29) is 17.3 Å². The highest BCUT2D eigenvalue weighted by molar-refractivity contribution is 7.89. The quantitative estimate of drug-likeness (QED) is 0.579. The molecule has 1 amide bonds. The molecule has 1 heterocycles. The minimum absolute atomic E-state index is 0.0571.